The van der Waals surface area contributed by atoms with Gasteiger partial charge in [-0.3, -0.25) is 0 Å². The zero-order valence-corrected chi connectivity index (χ0v) is 15.5. The SMILES string of the molecule is Cc1ccc(N2CN(c3ccccc3)CN(c3ccc(C)cc3)C2)cc1. The van der Waals surface area contributed by atoms with Crippen molar-refractivity contribution in [1.82, 2.24) is 0 Å². The summed E-state index contributed by atoms with van der Waals surface area (Å²) in [6, 6.07) is 28.3. The van der Waals surface area contributed by atoms with Gasteiger partial charge in [-0.15, -0.1) is 0 Å². The third-order valence-corrected chi connectivity index (χ3v) is 4.94. The first-order chi connectivity index (χ1) is 12.7. The lowest BCUT2D eigenvalue weighted by Gasteiger charge is -2.45. The van der Waals surface area contributed by atoms with E-state index in [1.165, 1.54) is 28.2 Å². The van der Waals surface area contributed by atoms with E-state index >= 15 is 0 Å². The molecule has 3 nitrogen and oxygen atoms in total. The van der Waals surface area contributed by atoms with Gasteiger partial charge in [0, 0.05) is 17.1 Å². The van der Waals surface area contributed by atoms with Crippen molar-refractivity contribution < 1.29 is 0 Å². The average Bonchev–Trinajstić information content (AvgIpc) is 2.69. The van der Waals surface area contributed by atoms with Gasteiger partial charge in [0.05, 0.1) is 20.0 Å². The Bertz CT molecular complexity index is 787. The molecule has 0 N–H and O–H groups in total. The van der Waals surface area contributed by atoms with Crippen molar-refractivity contribution in [2.24, 2.45) is 0 Å². The number of nitrogens with zero attached hydrogens (tertiary/aromatic N) is 3. The molecule has 1 fully saturated rings. The Morgan fingerprint density at radius 2 is 0.808 bits per heavy atom. The van der Waals surface area contributed by atoms with Crippen LogP contribution in [-0.4, -0.2) is 20.0 Å². The maximum Gasteiger partial charge on any atom is 0.0937 e. The second-order valence-corrected chi connectivity index (χ2v) is 7.05. The Hall–Kier alpha value is -2.94. The third kappa shape index (κ3) is 3.52. The summed E-state index contributed by atoms with van der Waals surface area (Å²) >= 11 is 0. The summed E-state index contributed by atoms with van der Waals surface area (Å²) in [5.74, 6) is 0. The molecule has 4 rings (SSSR count). The molecule has 0 aromatic heterocycles. The molecule has 3 heteroatoms. The van der Waals surface area contributed by atoms with Crippen LogP contribution in [0.1, 0.15) is 11.1 Å². The number of aryl methyl sites for hydroxylation is 2. The molecular weight excluding hydrogens is 318 g/mol. The maximum atomic E-state index is 2.43. The molecule has 1 saturated heterocycles. The van der Waals surface area contributed by atoms with E-state index in [4.69, 9.17) is 0 Å². The van der Waals surface area contributed by atoms with Gasteiger partial charge in [0.1, 0.15) is 0 Å². The fraction of sp³-hybridized carbons (Fsp3) is 0.217. The number of benzene rings is 3. The lowest BCUT2D eigenvalue weighted by atomic mass is 10.2. The Morgan fingerprint density at radius 1 is 0.462 bits per heavy atom. The molecule has 3 aromatic carbocycles. The van der Waals surface area contributed by atoms with Crippen LogP contribution in [0.3, 0.4) is 0 Å². The number of anilines is 3. The zero-order valence-electron chi connectivity index (χ0n) is 15.5. The van der Waals surface area contributed by atoms with Gasteiger partial charge >= 0.3 is 0 Å². The highest BCUT2D eigenvalue weighted by Crippen LogP contribution is 2.26. The zero-order chi connectivity index (χ0) is 17.9. The average molecular weight is 343 g/mol. The maximum absolute atomic E-state index is 2.43. The molecule has 0 atom stereocenters. The lowest BCUT2D eigenvalue weighted by Crippen LogP contribution is -2.55. The Balaban J connectivity index is 1.66. The van der Waals surface area contributed by atoms with E-state index in [2.05, 4.69) is 107 Å². The lowest BCUT2D eigenvalue weighted by molar-refractivity contribution is 0.611. The monoisotopic (exact) mass is 343 g/mol. The van der Waals surface area contributed by atoms with Gasteiger partial charge in [-0.1, -0.05) is 53.6 Å². The fourth-order valence-electron chi connectivity index (χ4n) is 3.39. The van der Waals surface area contributed by atoms with Gasteiger partial charge in [-0.2, -0.15) is 0 Å². The number of hydrogen-bond acceptors (Lipinski definition) is 3. The summed E-state index contributed by atoms with van der Waals surface area (Å²) in [4.78, 5) is 7.27. The highest BCUT2D eigenvalue weighted by molar-refractivity contribution is 5.59. The molecule has 0 bridgehead atoms. The first-order valence-corrected chi connectivity index (χ1v) is 9.12. The fourth-order valence-corrected chi connectivity index (χ4v) is 3.39. The largest absolute Gasteiger partial charge is 0.336 e. The molecular formula is C23H25N3. The minimum Gasteiger partial charge on any atom is -0.336 e. The third-order valence-electron chi connectivity index (χ3n) is 4.94. The van der Waals surface area contributed by atoms with E-state index in [1.807, 2.05) is 0 Å². The minimum absolute atomic E-state index is 0.884. The van der Waals surface area contributed by atoms with Crippen LogP contribution < -0.4 is 14.7 Å². The summed E-state index contributed by atoms with van der Waals surface area (Å²) in [5.41, 5.74) is 6.35. The first kappa shape index (κ1) is 16.5. The van der Waals surface area contributed by atoms with Gasteiger partial charge < -0.3 is 14.7 Å². The van der Waals surface area contributed by atoms with Crippen molar-refractivity contribution >= 4 is 17.1 Å². The summed E-state index contributed by atoms with van der Waals surface area (Å²) in [6.07, 6.45) is 0. The molecule has 0 unspecified atom stereocenters. The quantitative estimate of drug-likeness (QED) is 0.662. The normalized spacial score (nSPS) is 14.6. The van der Waals surface area contributed by atoms with Crippen molar-refractivity contribution in [2.75, 3.05) is 34.7 Å². The van der Waals surface area contributed by atoms with Crippen molar-refractivity contribution in [3.63, 3.8) is 0 Å². The smallest absolute Gasteiger partial charge is 0.0937 e. The molecule has 0 amide bonds. The summed E-state index contributed by atoms with van der Waals surface area (Å²) in [6.45, 7) is 6.92. The van der Waals surface area contributed by atoms with Crippen LogP contribution in [0, 0.1) is 13.8 Å². The molecule has 1 aliphatic rings. The standard InChI is InChI=1S/C23H25N3/c1-19-8-12-22(13-9-19)25-16-24(21-6-4-3-5-7-21)17-26(18-25)23-14-10-20(2)11-15-23/h3-15H,16-18H2,1-2H3. The molecule has 0 aliphatic carbocycles. The van der Waals surface area contributed by atoms with Crippen molar-refractivity contribution in [3.05, 3.63) is 90.0 Å². The van der Waals surface area contributed by atoms with Gasteiger partial charge in [-0.25, -0.2) is 0 Å². The topological polar surface area (TPSA) is 9.72 Å². The van der Waals surface area contributed by atoms with Crippen molar-refractivity contribution in [1.29, 1.82) is 0 Å². The molecule has 3 aromatic rings. The van der Waals surface area contributed by atoms with E-state index in [9.17, 15) is 0 Å². The van der Waals surface area contributed by atoms with Crippen LogP contribution in [0.2, 0.25) is 0 Å². The molecule has 0 spiro atoms. The van der Waals surface area contributed by atoms with E-state index in [-0.39, 0.29) is 0 Å². The van der Waals surface area contributed by atoms with Gasteiger partial charge in [0.2, 0.25) is 0 Å². The van der Waals surface area contributed by atoms with E-state index < -0.39 is 0 Å². The van der Waals surface area contributed by atoms with Crippen molar-refractivity contribution in [2.45, 2.75) is 13.8 Å². The van der Waals surface area contributed by atoms with Crippen LogP contribution in [0.5, 0.6) is 0 Å². The Kier molecular flexibility index (Phi) is 4.53. The predicted molar refractivity (Wildman–Crippen MR) is 111 cm³/mol. The molecule has 0 radical (unpaired) electrons. The van der Waals surface area contributed by atoms with Crippen molar-refractivity contribution in [3.8, 4) is 0 Å². The molecule has 1 heterocycles. The molecule has 132 valence electrons. The molecule has 1 aliphatic heterocycles. The van der Waals surface area contributed by atoms with Gasteiger partial charge in [0.25, 0.3) is 0 Å². The highest BCUT2D eigenvalue weighted by atomic mass is 15.5. The van der Waals surface area contributed by atoms with Crippen LogP contribution in [-0.2, 0) is 0 Å². The first-order valence-electron chi connectivity index (χ1n) is 9.12. The second kappa shape index (κ2) is 7.12. The summed E-state index contributed by atoms with van der Waals surface area (Å²) in [5, 5.41) is 0. The van der Waals surface area contributed by atoms with Crippen LogP contribution in [0.25, 0.3) is 0 Å². The summed E-state index contributed by atoms with van der Waals surface area (Å²) in [7, 11) is 0. The van der Waals surface area contributed by atoms with Crippen LogP contribution >= 0.6 is 0 Å². The van der Waals surface area contributed by atoms with E-state index in [1.54, 1.807) is 0 Å². The Labute approximate surface area is 156 Å². The van der Waals surface area contributed by atoms with E-state index in [0.717, 1.165) is 20.0 Å². The summed E-state index contributed by atoms with van der Waals surface area (Å²) < 4.78 is 0. The molecule has 26 heavy (non-hydrogen) atoms. The number of rotatable bonds is 3. The van der Waals surface area contributed by atoms with Crippen LogP contribution in [0.15, 0.2) is 78.9 Å². The van der Waals surface area contributed by atoms with E-state index in [0.29, 0.717) is 0 Å². The predicted octanol–water partition coefficient (Wildman–Crippen LogP) is 5.01. The molecule has 0 saturated carbocycles. The van der Waals surface area contributed by atoms with Crippen LogP contribution in [0.4, 0.5) is 17.1 Å². The van der Waals surface area contributed by atoms with Gasteiger partial charge in [0.15, 0.2) is 0 Å². The number of para-hydroxylation sites is 1. The van der Waals surface area contributed by atoms with Gasteiger partial charge in [-0.05, 0) is 50.2 Å². The second-order valence-electron chi connectivity index (χ2n) is 7.05. The highest BCUT2D eigenvalue weighted by Gasteiger charge is 2.24. The number of hydrogen-bond donors (Lipinski definition) is 0. The minimum atomic E-state index is 0.884. The Morgan fingerprint density at radius 3 is 1.19 bits per heavy atom.